The minimum Gasteiger partial charge on any atom is -0.437 e. The molecule has 1 N–H and O–H groups in total. The minimum atomic E-state index is 0.443. The summed E-state index contributed by atoms with van der Waals surface area (Å²) in [5, 5.41) is 4.34. The molecule has 0 aliphatic rings. The lowest BCUT2D eigenvalue weighted by molar-refractivity contribution is 0.466. The summed E-state index contributed by atoms with van der Waals surface area (Å²) >= 11 is 6.15. The van der Waals surface area contributed by atoms with Crippen molar-refractivity contribution in [2.75, 3.05) is 12.4 Å². The van der Waals surface area contributed by atoms with Crippen molar-refractivity contribution >= 4 is 28.5 Å². The van der Waals surface area contributed by atoms with Crippen LogP contribution in [0.1, 0.15) is 0 Å². The van der Waals surface area contributed by atoms with Gasteiger partial charge in [-0.05, 0) is 24.3 Å². The van der Waals surface area contributed by atoms with Crippen LogP contribution in [0.25, 0.3) is 10.9 Å². The molecule has 20 heavy (non-hydrogen) atoms. The van der Waals surface area contributed by atoms with Crippen molar-refractivity contribution in [1.29, 1.82) is 0 Å². The van der Waals surface area contributed by atoms with Gasteiger partial charge in [0.25, 0.3) is 0 Å². The lowest BCUT2D eigenvalue weighted by Crippen LogP contribution is -1.97. The van der Waals surface area contributed by atoms with Gasteiger partial charge in [0.2, 0.25) is 11.8 Å². The smallest absolute Gasteiger partial charge is 0.225 e. The highest BCUT2D eigenvalue weighted by molar-refractivity contribution is 6.35. The summed E-state index contributed by atoms with van der Waals surface area (Å²) < 4.78 is 5.78. The van der Waals surface area contributed by atoms with Gasteiger partial charge in [-0.25, -0.2) is 4.98 Å². The maximum atomic E-state index is 6.15. The second kappa shape index (κ2) is 5.30. The number of aromatic nitrogens is 3. The van der Waals surface area contributed by atoms with Gasteiger partial charge in [-0.15, -0.1) is 0 Å². The third kappa shape index (κ3) is 2.35. The molecule has 0 saturated carbocycles. The van der Waals surface area contributed by atoms with Crippen LogP contribution in [0.4, 0.5) is 5.95 Å². The molecule has 0 unspecified atom stereocenters. The Bertz CT molecular complexity index is 763. The van der Waals surface area contributed by atoms with Crippen LogP contribution in [0.3, 0.4) is 0 Å². The second-order valence-corrected chi connectivity index (χ2v) is 4.42. The Morgan fingerprint density at radius 3 is 2.85 bits per heavy atom. The van der Waals surface area contributed by atoms with E-state index in [1.807, 2.05) is 12.1 Å². The van der Waals surface area contributed by atoms with E-state index in [9.17, 15) is 0 Å². The Labute approximate surface area is 120 Å². The second-order valence-electron chi connectivity index (χ2n) is 4.02. The van der Waals surface area contributed by atoms with Gasteiger partial charge < -0.3 is 10.1 Å². The largest absolute Gasteiger partial charge is 0.437 e. The Kier molecular flexibility index (Phi) is 3.35. The number of ether oxygens (including phenoxy) is 1. The van der Waals surface area contributed by atoms with Crippen molar-refractivity contribution in [3.63, 3.8) is 0 Å². The third-order valence-electron chi connectivity index (χ3n) is 2.75. The van der Waals surface area contributed by atoms with Crippen molar-refractivity contribution < 1.29 is 4.74 Å². The highest BCUT2D eigenvalue weighted by Crippen LogP contribution is 2.32. The topological polar surface area (TPSA) is 59.9 Å². The molecule has 0 atom stereocenters. The molecule has 0 amide bonds. The molecule has 0 radical (unpaired) electrons. The number of pyridine rings is 1. The fourth-order valence-corrected chi connectivity index (χ4v) is 2.04. The number of nitrogens with zero attached hydrogens (tertiary/aromatic N) is 3. The zero-order valence-electron chi connectivity index (χ0n) is 10.7. The van der Waals surface area contributed by atoms with E-state index < -0.39 is 0 Å². The molecule has 100 valence electrons. The Morgan fingerprint density at radius 2 is 2.00 bits per heavy atom. The first-order chi connectivity index (χ1) is 9.78. The van der Waals surface area contributed by atoms with E-state index in [0.717, 1.165) is 5.39 Å². The van der Waals surface area contributed by atoms with Gasteiger partial charge in [-0.1, -0.05) is 11.6 Å². The lowest BCUT2D eigenvalue weighted by Gasteiger charge is -2.09. The molecule has 0 spiro atoms. The normalized spacial score (nSPS) is 10.5. The van der Waals surface area contributed by atoms with Gasteiger partial charge in [-0.2, -0.15) is 4.98 Å². The maximum Gasteiger partial charge on any atom is 0.225 e. The number of benzene rings is 1. The molecule has 0 bridgehead atoms. The van der Waals surface area contributed by atoms with E-state index in [1.165, 1.54) is 0 Å². The Balaban J connectivity index is 2.04. The lowest BCUT2D eigenvalue weighted by atomic mass is 10.2. The van der Waals surface area contributed by atoms with Crippen molar-refractivity contribution in [2.45, 2.75) is 0 Å². The molecule has 0 fully saturated rings. The number of halogens is 1. The SMILES string of the molecule is CNc1nccc(Oc2ccc(Cl)c3cccnc23)n1. The summed E-state index contributed by atoms with van der Waals surface area (Å²) in [7, 11) is 1.75. The molecule has 3 rings (SSSR count). The van der Waals surface area contributed by atoms with E-state index in [0.29, 0.717) is 28.1 Å². The van der Waals surface area contributed by atoms with E-state index in [2.05, 4.69) is 20.3 Å². The van der Waals surface area contributed by atoms with Gasteiger partial charge >= 0.3 is 0 Å². The Morgan fingerprint density at radius 1 is 1.10 bits per heavy atom. The summed E-state index contributed by atoms with van der Waals surface area (Å²) in [6.45, 7) is 0. The number of fused-ring (bicyclic) bond motifs is 1. The first-order valence-corrected chi connectivity index (χ1v) is 6.37. The number of nitrogens with one attached hydrogen (secondary N) is 1. The molecule has 0 saturated heterocycles. The number of rotatable bonds is 3. The molecule has 1 aromatic carbocycles. The van der Waals surface area contributed by atoms with E-state index in [1.54, 1.807) is 37.6 Å². The number of anilines is 1. The molecule has 0 aliphatic heterocycles. The summed E-state index contributed by atoms with van der Waals surface area (Å²) in [6, 6.07) is 8.97. The zero-order chi connectivity index (χ0) is 13.9. The number of hydrogen-bond acceptors (Lipinski definition) is 5. The zero-order valence-corrected chi connectivity index (χ0v) is 11.4. The minimum absolute atomic E-state index is 0.443. The summed E-state index contributed by atoms with van der Waals surface area (Å²) in [5.41, 5.74) is 0.699. The van der Waals surface area contributed by atoms with Gasteiger partial charge in [-0.3, -0.25) is 4.98 Å². The standard InChI is InChI=1S/C14H11ClN4O/c1-16-14-18-8-6-12(19-14)20-11-5-4-10(15)9-3-2-7-17-13(9)11/h2-8H,1H3,(H,16,18,19). The molecule has 5 nitrogen and oxygen atoms in total. The van der Waals surface area contributed by atoms with Crippen molar-refractivity contribution in [1.82, 2.24) is 15.0 Å². The number of hydrogen-bond donors (Lipinski definition) is 1. The molecular formula is C14H11ClN4O. The predicted octanol–water partition coefficient (Wildman–Crippen LogP) is 3.51. The van der Waals surface area contributed by atoms with Crippen LogP contribution in [0.2, 0.25) is 5.02 Å². The summed E-state index contributed by atoms with van der Waals surface area (Å²) in [5.74, 6) is 1.54. The van der Waals surface area contributed by atoms with E-state index in [4.69, 9.17) is 16.3 Å². The van der Waals surface area contributed by atoms with Gasteiger partial charge in [0.1, 0.15) is 5.52 Å². The summed E-state index contributed by atoms with van der Waals surface area (Å²) in [6.07, 6.45) is 3.32. The van der Waals surface area contributed by atoms with Crippen LogP contribution < -0.4 is 10.1 Å². The third-order valence-corrected chi connectivity index (χ3v) is 3.08. The predicted molar refractivity (Wildman–Crippen MR) is 78.4 cm³/mol. The average molecular weight is 287 g/mol. The van der Waals surface area contributed by atoms with E-state index in [-0.39, 0.29) is 0 Å². The van der Waals surface area contributed by atoms with Gasteiger partial charge in [0.05, 0.1) is 5.02 Å². The van der Waals surface area contributed by atoms with Gasteiger partial charge in [0, 0.05) is 30.9 Å². The van der Waals surface area contributed by atoms with Crippen LogP contribution in [-0.2, 0) is 0 Å². The molecule has 6 heteroatoms. The molecular weight excluding hydrogens is 276 g/mol. The van der Waals surface area contributed by atoms with Crippen LogP contribution >= 0.6 is 11.6 Å². The quantitative estimate of drug-likeness (QED) is 0.798. The highest BCUT2D eigenvalue weighted by atomic mass is 35.5. The monoisotopic (exact) mass is 286 g/mol. The molecule has 2 heterocycles. The molecule has 2 aromatic heterocycles. The fourth-order valence-electron chi connectivity index (χ4n) is 1.83. The van der Waals surface area contributed by atoms with Crippen molar-refractivity contribution in [3.05, 3.63) is 47.7 Å². The molecule has 3 aromatic rings. The fraction of sp³-hybridized carbons (Fsp3) is 0.0714. The maximum absolute atomic E-state index is 6.15. The highest BCUT2D eigenvalue weighted by Gasteiger charge is 2.08. The Hall–Kier alpha value is -2.40. The average Bonchev–Trinajstić information content (AvgIpc) is 2.51. The first kappa shape index (κ1) is 12.6. The van der Waals surface area contributed by atoms with Crippen molar-refractivity contribution in [2.24, 2.45) is 0 Å². The molecule has 0 aliphatic carbocycles. The first-order valence-electron chi connectivity index (χ1n) is 6.00. The van der Waals surface area contributed by atoms with Crippen molar-refractivity contribution in [3.8, 4) is 11.6 Å². The van der Waals surface area contributed by atoms with Crippen LogP contribution in [0, 0.1) is 0 Å². The summed E-state index contributed by atoms with van der Waals surface area (Å²) in [4.78, 5) is 12.6. The van der Waals surface area contributed by atoms with Crippen LogP contribution in [-0.4, -0.2) is 22.0 Å². The van der Waals surface area contributed by atoms with E-state index >= 15 is 0 Å². The van der Waals surface area contributed by atoms with Crippen LogP contribution in [0.5, 0.6) is 11.6 Å². The van der Waals surface area contributed by atoms with Gasteiger partial charge in [0.15, 0.2) is 5.75 Å². The van der Waals surface area contributed by atoms with Crippen LogP contribution in [0.15, 0.2) is 42.7 Å².